The van der Waals surface area contributed by atoms with E-state index in [0.29, 0.717) is 10.8 Å². The lowest BCUT2D eigenvalue weighted by atomic mass is 9.93. The summed E-state index contributed by atoms with van der Waals surface area (Å²) in [6, 6.07) is 2.97. The maximum absolute atomic E-state index is 12.2. The second-order valence-corrected chi connectivity index (χ2v) is 9.94. The van der Waals surface area contributed by atoms with E-state index in [-0.39, 0.29) is 28.2 Å². The summed E-state index contributed by atoms with van der Waals surface area (Å²) in [5, 5.41) is 0.641. The van der Waals surface area contributed by atoms with Crippen molar-refractivity contribution in [3.05, 3.63) is 38.8 Å². The number of benzene rings is 1. The molecule has 2 aromatic rings. The minimum absolute atomic E-state index is 0.138. The molecule has 12 nitrogen and oxygen atoms in total. The highest BCUT2D eigenvalue weighted by Gasteiger charge is 2.55. The zero-order chi connectivity index (χ0) is 29.2. The number of esters is 4. The average molecular weight is 608 g/mol. The Bertz CT molecular complexity index is 1280. The molecule has 3 rings (SSSR count). The summed E-state index contributed by atoms with van der Waals surface area (Å²) in [6.07, 6.45) is -6.47. The van der Waals surface area contributed by atoms with Gasteiger partial charge in [-0.15, -0.1) is 4.68 Å². The molecule has 1 aliphatic heterocycles. The van der Waals surface area contributed by atoms with E-state index in [1.54, 1.807) is 18.7 Å². The molecule has 0 aliphatic carbocycles. The fraction of sp³-hybridized carbons (Fsp3) is 0.500. The van der Waals surface area contributed by atoms with Gasteiger partial charge in [0.1, 0.15) is 25.4 Å². The smallest absolute Gasteiger partial charge is 0.316 e. The zero-order valence-corrected chi connectivity index (χ0v) is 24.2. The molecule has 2 heterocycles. The number of ether oxygens (including phenoxy) is 5. The van der Waals surface area contributed by atoms with Crippen molar-refractivity contribution in [1.82, 2.24) is 9.67 Å². The monoisotopic (exact) mass is 606 g/mol. The maximum Gasteiger partial charge on any atom is 0.316 e. The van der Waals surface area contributed by atoms with Crippen LogP contribution in [0.3, 0.4) is 0 Å². The molecule has 1 fully saturated rings. The third kappa shape index (κ3) is 6.99. The Balaban J connectivity index is 2.27. The predicted octanol–water partition coefficient (Wildman–Crippen LogP) is 2.76. The van der Waals surface area contributed by atoms with Gasteiger partial charge in [0.15, 0.2) is 24.4 Å². The quantitative estimate of drug-likeness (QED) is 0.263. The molecule has 0 bridgehead atoms. The van der Waals surface area contributed by atoms with Gasteiger partial charge in [0, 0.05) is 39.6 Å². The van der Waals surface area contributed by atoms with E-state index in [4.69, 9.17) is 58.5 Å². The van der Waals surface area contributed by atoms with E-state index in [2.05, 4.69) is 4.98 Å². The van der Waals surface area contributed by atoms with E-state index in [9.17, 15) is 19.2 Å². The summed E-state index contributed by atoms with van der Waals surface area (Å²) in [6.45, 7) is 5.93. The lowest BCUT2D eigenvalue weighted by Crippen LogP contribution is -2.60. The topological polar surface area (TPSA) is 136 Å². The summed E-state index contributed by atoms with van der Waals surface area (Å²) >= 11 is 19.2. The fourth-order valence-corrected chi connectivity index (χ4v) is 5.18. The van der Waals surface area contributed by atoms with Crippen LogP contribution in [-0.4, -0.2) is 64.6 Å². The number of halogens is 3. The molecule has 212 valence electrons. The van der Waals surface area contributed by atoms with Gasteiger partial charge in [-0.1, -0.05) is 34.8 Å². The van der Waals surface area contributed by atoms with Crippen LogP contribution in [0.25, 0.3) is 5.69 Å². The molecular weight excluding hydrogens is 581 g/mol. The van der Waals surface area contributed by atoms with E-state index < -0.39 is 54.4 Å². The molecule has 0 saturated carbocycles. The number of rotatable bonds is 7. The molecule has 0 radical (unpaired) electrons. The Morgan fingerprint density at radius 3 is 1.92 bits per heavy atom. The molecule has 5 atom stereocenters. The van der Waals surface area contributed by atoms with Gasteiger partial charge in [0.25, 0.3) is 5.82 Å². The van der Waals surface area contributed by atoms with Gasteiger partial charge in [0.05, 0.1) is 10.0 Å². The van der Waals surface area contributed by atoms with Gasteiger partial charge in [-0.2, -0.15) is 4.68 Å². The van der Waals surface area contributed by atoms with Crippen molar-refractivity contribution in [3.8, 4) is 5.69 Å². The van der Waals surface area contributed by atoms with E-state index in [0.717, 1.165) is 20.8 Å². The van der Waals surface area contributed by atoms with Crippen molar-refractivity contribution in [2.24, 2.45) is 7.05 Å². The third-order valence-electron chi connectivity index (χ3n) is 5.70. The molecule has 0 spiro atoms. The highest BCUT2D eigenvalue weighted by atomic mass is 35.5. The Morgan fingerprint density at radius 1 is 0.897 bits per heavy atom. The molecule has 1 aliphatic rings. The standard InChI is InChI=1S/C24H27Cl3N3O9/c1-10-28-24(30(29(10)6)19-16(26)7-15(25)8-17(19)27)23-22(38-14(5)34)21(37-13(4)33)20(36-12(3)32)18(39-23)9-35-11(2)31/h7-8,18,20-23H,9H2,1-6H3/q+1/t18-,20+,21+,22-,23-/m1/s1. The SMILES string of the molecule is CC(=O)OC[C@H]1O[C@@H](c2nc(C)[n+](C)n2-c2c(Cl)cc(Cl)cc2Cl)[C@H](OC(C)=O)[C@@H](OC(C)=O)[C@H]1OC(C)=O. The summed E-state index contributed by atoms with van der Waals surface area (Å²) < 4.78 is 31.1. The number of hydrogen-bond acceptors (Lipinski definition) is 10. The fourth-order valence-electron chi connectivity index (χ4n) is 4.21. The zero-order valence-electron chi connectivity index (χ0n) is 21.9. The van der Waals surface area contributed by atoms with Gasteiger partial charge in [-0.25, -0.2) is 0 Å². The van der Waals surface area contributed by atoms with Crippen LogP contribution in [0.4, 0.5) is 0 Å². The van der Waals surface area contributed by atoms with Crippen molar-refractivity contribution in [3.63, 3.8) is 0 Å². The first-order chi connectivity index (χ1) is 18.2. The Labute approximate surface area is 238 Å². The summed E-state index contributed by atoms with van der Waals surface area (Å²) in [5.74, 6) is -2.26. The lowest BCUT2D eigenvalue weighted by Gasteiger charge is -2.43. The number of nitrogens with zero attached hydrogens (tertiary/aromatic N) is 3. The highest BCUT2D eigenvalue weighted by molar-refractivity contribution is 6.40. The van der Waals surface area contributed by atoms with Crippen LogP contribution in [0.15, 0.2) is 12.1 Å². The number of hydrogen-bond donors (Lipinski definition) is 0. The van der Waals surface area contributed by atoms with E-state index in [1.807, 2.05) is 0 Å². The first-order valence-corrected chi connectivity index (χ1v) is 12.8. The van der Waals surface area contributed by atoms with Crippen molar-refractivity contribution in [2.45, 2.75) is 65.1 Å². The normalized spacial score (nSPS) is 22.6. The van der Waals surface area contributed by atoms with Crippen molar-refractivity contribution in [2.75, 3.05) is 6.61 Å². The lowest BCUT2D eigenvalue weighted by molar-refractivity contribution is -0.751. The van der Waals surface area contributed by atoms with Gasteiger partial charge >= 0.3 is 29.7 Å². The van der Waals surface area contributed by atoms with E-state index >= 15 is 0 Å². The maximum atomic E-state index is 12.2. The molecule has 0 unspecified atom stereocenters. The van der Waals surface area contributed by atoms with Crippen molar-refractivity contribution >= 4 is 58.7 Å². The van der Waals surface area contributed by atoms with Gasteiger partial charge in [-0.05, 0) is 17.1 Å². The van der Waals surface area contributed by atoms with Crippen LogP contribution in [0, 0.1) is 6.92 Å². The first-order valence-electron chi connectivity index (χ1n) is 11.6. The minimum Gasteiger partial charge on any atom is -0.463 e. The van der Waals surface area contributed by atoms with Crippen LogP contribution in [0.5, 0.6) is 0 Å². The van der Waals surface area contributed by atoms with Crippen molar-refractivity contribution in [1.29, 1.82) is 0 Å². The molecule has 0 amide bonds. The average Bonchev–Trinajstić information content (AvgIpc) is 3.08. The van der Waals surface area contributed by atoms with E-state index in [1.165, 1.54) is 23.7 Å². The number of aryl methyl sites for hydroxylation is 1. The predicted molar refractivity (Wildman–Crippen MR) is 135 cm³/mol. The number of carbonyl (C=O) groups is 4. The molecular formula is C24H27Cl3N3O9+. The molecule has 0 N–H and O–H groups in total. The van der Waals surface area contributed by atoms with Gasteiger partial charge < -0.3 is 23.7 Å². The highest BCUT2D eigenvalue weighted by Crippen LogP contribution is 2.39. The van der Waals surface area contributed by atoms with Gasteiger partial charge in [0.2, 0.25) is 0 Å². The molecule has 1 aromatic carbocycles. The summed E-state index contributed by atoms with van der Waals surface area (Å²) in [5.41, 5.74) is 0.286. The minimum atomic E-state index is -1.37. The van der Waals surface area contributed by atoms with Crippen LogP contribution >= 0.6 is 34.8 Å². The third-order valence-corrected chi connectivity index (χ3v) is 6.49. The summed E-state index contributed by atoms with van der Waals surface area (Å²) in [7, 11) is 1.68. The largest absolute Gasteiger partial charge is 0.463 e. The second kappa shape index (κ2) is 12.5. The second-order valence-electron chi connectivity index (χ2n) is 8.69. The van der Waals surface area contributed by atoms with Crippen LogP contribution in [0.2, 0.25) is 15.1 Å². The molecule has 1 aromatic heterocycles. The van der Waals surface area contributed by atoms with Crippen LogP contribution in [-0.2, 0) is 49.9 Å². The Kier molecular flexibility index (Phi) is 9.81. The van der Waals surface area contributed by atoms with Gasteiger partial charge in [-0.3, -0.25) is 19.2 Å². The van der Waals surface area contributed by atoms with Crippen LogP contribution < -0.4 is 4.68 Å². The Hall–Kier alpha value is -2.93. The molecule has 39 heavy (non-hydrogen) atoms. The summed E-state index contributed by atoms with van der Waals surface area (Å²) in [4.78, 5) is 52.6. The molecule has 15 heteroatoms. The number of aromatic nitrogens is 3. The van der Waals surface area contributed by atoms with Crippen molar-refractivity contribution < 1.29 is 47.5 Å². The molecule has 1 saturated heterocycles. The number of carbonyl (C=O) groups excluding carboxylic acids is 4. The Morgan fingerprint density at radius 2 is 1.41 bits per heavy atom. The van der Waals surface area contributed by atoms with Crippen LogP contribution in [0.1, 0.15) is 45.4 Å². The first kappa shape index (κ1) is 30.6.